The molecular weight excluding hydrogens is 344 g/mol. The van der Waals surface area contributed by atoms with Crippen molar-refractivity contribution in [1.82, 2.24) is 0 Å². The van der Waals surface area contributed by atoms with Crippen molar-refractivity contribution in [2.24, 2.45) is 0 Å². The Balaban J connectivity index is 3.20. The minimum atomic E-state index is -2.99. The molecule has 0 aliphatic carbocycles. The van der Waals surface area contributed by atoms with Crippen LogP contribution in [0, 0.1) is 0 Å². The maximum Gasteiger partial charge on any atom is 0.305 e. The second-order valence-corrected chi connectivity index (χ2v) is 5.30. The smallest absolute Gasteiger partial charge is 0.305 e. The van der Waals surface area contributed by atoms with Gasteiger partial charge in [0.05, 0.1) is 0 Å². The van der Waals surface area contributed by atoms with Gasteiger partial charge in [0.15, 0.2) is 6.10 Å². The third kappa shape index (κ3) is 5.66. The molecule has 0 amide bonds. The highest BCUT2D eigenvalue weighted by Crippen LogP contribution is 2.33. The molecule has 142 valence electrons. The molecule has 25 heavy (non-hydrogen) atoms. The van der Waals surface area contributed by atoms with Crippen LogP contribution in [-0.2, 0) is 42.9 Å². The molecule has 0 aromatic rings. The second kappa shape index (κ2) is 8.23. The Bertz CT molecular complexity index is 541. The summed E-state index contributed by atoms with van der Waals surface area (Å²) in [6, 6.07) is 0. The summed E-state index contributed by atoms with van der Waals surface area (Å²) in [5.41, 5.74) is 0. The van der Waals surface area contributed by atoms with Crippen molar-refractivity contribution in [1.29, 1.82) is 0 Å². The second-order valence-electron chi connectivity index (χ2n) is 5.30. The number of rotatable bonds is 5. The molecule has 11 nitrogen and oxygen atoms in total. The minimum Gasteiger partial charge on any atom is -0.463 e. The van der Waals surface area contributed by atoms with Crippen LogP contribution in [0.2, 0.25) is 0 Å². The van der Waals surface area contributed by atoms with E-state index in [2.05, 4.69) is 0 Å². The summed E-state index contributed by atoms with van der Waals surface area (Å²) >= 11 is 0. The van der Waals surface area contributed by atoms with E-state index in [1.807, 2.05) is 0 Å². The molecule has 1 rings (SSSR count). The standard InChI is InChI=1S/C14H20O11/c1-6(15)21-5-10-11(22-7(2)16)14(19,20)12(23-8(3)17)13(25-10)24-9(4)18/h10-13,19-20H,5H2,1-4H3/t10-,11-,12-,13+/m1/s1. The summed E-state index contributed by atoms with van der Waals surface area (Å²) in [5.74, 6) is -6.40. The molecule has 1 aliphatic rings. The molecule has 0 aromatic carbocycles. The third-order valence-electron chi connectivity index (χ3n) is 3.05. The molecule has 1 saturated heterocycles. The number of esters is 4. The van der Waals surface area contributed by atoms with Crippen LogP contribution in [0.3, 0.4) is 0 Å². The molecular formula is C14H20O11. The quantitative estimate of drug-likeness (QED) is 0.328. The van der Waals surface area contributed by atoms with Crippen LogP contribution in [0.5, 0.6) is 0 Å². The van der Waals surface area contributed by atoms with Gasteiger partial charge in [-0.1, -0.05) is 0 Å². The van der Waals surface area contributed by atoms with E-state index < -0.39 is 60.9 Å². The van der Waals surface area contributed by atoms with Gasteiger partial charge < -0.3 is 33.9 Å². The predicted octanol–water partition coefficient (Wildman–Crippen LogP) is -1.62. The van der Waals surface area contributed by atoms with Crippen LogP contribution in [-0.4, -0.2) is 71.1 Å². The van der Waals surface area contributed by atoms with Gasteiger partial charge in [-0.3, -0.25) is 19.2 Å². The lowest BCUT2D eigenvalue weighted by molar-refractivity contribution is -0.382. The lowest BCUT2D eigenvalue weighted by Crippen LogP contribution is -2.69. The fourth-order valence-electron chi connectivity index (χ4n) is 2.19. The lowest BCUT2D eigenvalue weighted by Gasteiger charge is -2.46. The Kier molecular flexibility index (Phi) is 6.85. The van der Waals surface area contributed by atoms with Crippen molar-refractivity contribution in [3.63, 3.8) is 0 Å². The van der Waals surface area contributed by atoms with Gasteiger partial charge >= 0.3 is 23.9 Å². The Morgan fingerprint density at radius 3 is 1.76 bits per heavy atom. The van der Waals surface area contributed by atoms with E-state index in [1.165, 1.54) is 0 Å². The first kappa shape index (κ1) is 20.8. The number of carbonyl (C=O) groups excluding carboxylic acids is 4. The van der Waals surface area contributed by atoms with Crippen molar-refractivity contribution in [2.75, 3.05) is 6.61 Å². The summed E-state index contributed by atoms with van der Waals surface area (Å²) in [5, 5.41) is 20.8. The fraction of sp³-hybridized carbons (Fsp3) is 0.714. The topological polar surface area (TPSA) is 155 Å². The highest BCUT2D eigenvalue weighted by molar-refractivity contribution is 5.68. The molecule has 0 saturated carbocycles. The van der Waals surface area contributed by atoms with Gasteiger partial charge in [0.2, 0.25) is 18.2 Å². The molecule has 11 heteroatoms. The number of hydrogen-bond acceptors (Lipinski definition) is 11. The van der Waals surface area contributed by atoms with Crippen molar-refractivity contribution in [2.45, 2.75) is 58.1 Å². The van der Waals surface area contributed by atoms with Gasteiger partial charge in [-0.15, -0.1) is 0 Å². The van der Waals surface area contributed by atoms with E-state index in [4.69, 9.17) is 23.7 Å². The zero-order chi connectivity index (χ0) is 19.4. The van der Waals surface area contributed by atoms with Crippen LogP contribution >= 0.6 is 0 Å². The SMILES string of the molecule is CC(=O)OC[C@H]1O[C@H](OC(C)=O)[C@@H](OC(C)=O)C(O)(O)[C@@H]1OC(C)=O. The van der Waals surface area contributed by atoms with Gasteiger partial charge in [-0.05, 0) is 0 Å². The minimum absolute atomic E-state index is 0.541. The first-order valence-electron chi connectivity index (χ1n) is 7.20. The number of aliphatic hydroxyl groups is 2. The molecule has 1 heterocycles. The molecule has 4 atom stereocenters. The monoisotopic (exact) mass is 364 g/mol. The van der Waals surface area contributed by atoms with Crippen LogP contribution in [0.4, 0.5) is 0 Å². The van der Waals surface area contributed by atoms with E-state index in [1.54, 1.807) is 0 Å². The van der Waals surface area contributed by atoms with Gasteiger partial charge in [0.25, 0.3) is 0 Å². The molecule has 0 unspecified atom stereocenters. The van der Waals surface area contributed by atoms with Crippen molar-refractivity contribution in [3.05, 3.63) is 0 Å². The first-order chi connectivity index (χ1) is 11.4. The molecule has 1 aliphatic heterocycles. The summed E-state index contributed by atoms with van der Waals surface area (Å²) in [4.78, 5) is 44.7. The summed E-state index contributed by atoms with van der Waals surface area (Å²) in [6.45, 7) is 3.55. The van der Waals surface area contributed by atoms with E-state index in [9.17, 15) is 29.4 Å². The summed E-state index contributed by atoms with van der Waals surface area (Å²) < 4.78 is 24.4. The molecule has 0 radical (unpaired) electrons. The van der Waals surface area contributed by atoms with Crippen LogP contribution in [0.1, 0.15) is 27.7 Å². The Labute approximate surface area is 142 Å². The maximum atomic E-state index is 11.3. The largest absolute Gasteiger partial charge is 0.463 e. The van der Waals surface area contributed by atoms with E-state index in [0.29, 0.717) is 0 Å². The summed E-state index contributed by atoms with van der Waals surface area (Å²) in [7, 11) is 0. The normalized spacial score (nSPS) is 27.8. The van der Waals surface area contributed by atoms with Crippen molar-refractivity contribution >= 4 is 23.9 Å². The van der Waals surface area contributed by atoms with Crippen LogP contribution in [0.15, 0.2) is 0 Å². The zero-order valence-electron chi connectivity index (χ0n) is 14.1. The van der Waals surface area contributed by atoms with Gasteiger partial charge in [-0.25, -0.2) is 0 Å². The van der Waals surface area contributed by atoms with E-state index in [-0.39, 0.29) is 0 Å². The highest BCUT2D eigenvalue weighted by Gasteiger charge is 2.60. The average molecular weight is 364 g/mol. The Morgan fingerprint density at radius 2 is 1.32 bits per heavy atom. The average Bonchev–Trinajstić information content (AvgIpc) is 2.43. The number of hydrogen-bond donors (Lipinski definition) is 2. The third-order valence-corrected chi connectivity index (χ3v) is 3.05. The molecule has 0 aromatic heterocycles. The number of carbonyl (C=O) groups is 4. The molecule has 0 spiro atoms. The van der Waals surface area contributed by atoms with Crippen molar-refractivity contribution < 1.29 is 53.1 Å². The fourth-order valence-corrected chi connectivity index (χ4v) is 2.19. The van der Waals surface area contributed by atoms with Crippen molar-refractivity contribution in [3.8, 4) is 0 Å². The Morgan fingerprint density at radius 1 is 0.840 bits per heavy atom. The van der Waals surface area contributed by atoms with E-state index >= 15 is 0 Å². The Hall–Kier alpha value is -2.24. The highest BCUT2D eigenvalue weighted by atomic mass is 16.8. The lowest BCUT2D eigenvalue weighted by atomic mass is 9.94. The number of ether oxygens (including phenoxy) is 5. The molecule has 2 N–H and O–H groups in total. The maximum absolute atomic E-state index is 11.3. The van der Waals surface area contributed by atoms with Gasteiger partial charge in [-0.2, -0.15) is 0 Å². The van der Waals surface area contributed by atoms with E-state index in [0.717, 1.165) is 27.7 Å². The van der Waals surface area contributed by atoms with Gasteiger partial charge in [0, 0.05) is 27.7 Å². The molecule has 1 fully saturated rings. The predicted molar refractivity (Wildman–Crippen MR) is 75.3 cm³/mol. The molecule has 0 bridgehead atoms. The van der Waals surface area contributed by atoms with Gasteiger partial charge in [0.1, 0.15) is 12.7 Å². The summed E-state index contributed by atoms with van der Waals surface area (Å²) in [6.07, 6.45) is -6.84. The first-order valence-corrected chi connectivity index (χ1v) is 7.20. The van der Waals surface area contributed by atoms with Crippen LogP contribution in [0.25, 0.3) is 0 Å². The zero-order valence-corrected chi connectivity index (χ0v) is 14.1. The van der Waals surface area contributed by atoms with Crippen LogP contribution < -0.4 is 0 Å².